The van der Waals surface area contributed by atoms with Crippen LogP contribution in [0.25, 0.3) is 0 Å². The molecule has 1 aliphatic heterocycles. The third kappa shape index (κ3) is 4.38. The van der Waals surface area contributed by atoms with Crippen LogP contribution >= 0.6 is 0 Å². The van der Waals surface area contributed by atoms with Gasteiger partial charge in [0, 0.05) is 12.1 Å². The van der Waals surface area contributed by atoms with E-state index in [1.54, 1.807) is 4.90 Å². The average Bonchev–Trinajstić information content (AvgIpc) is 3.02. The predicted octanol–water partition coefficient (Wildman–Crippen LogP) is 3.32. The lowest BCUT2D eigenvalue weighted by Crippen LogP contribution is -2.35. The lowest BCUT2D eigenvalue weighted by Gasteiger charge is -2.14. The topological polar surface area (TPSA) is 58.6 Å². The monoisotopic (exact) mass is 338 g/mol. The minimum absolute atomic E-state index is 0.0365. The van der Waals surface area contributed by atoms with Gasteiger partial charge < -0.3 is 10.1 Å². The highest BCUT2D eigenvalue weighted by Gasteiger charge is 2.32. The number of nitrogens with one attached hydrogen (secondary N) is 1. The Morgan fingerprint density at radius 1 is 1.16 bits per heavy atom. The minimum atomic E-state index is -0.372. The number of amides is 2. The van der Waals surface area contributed by atoms with Gasteiger partial charge in [0.15, 0.2) is 0 Å². The second-order valence-corrected chi connectivity index (χ2v) is 6.27. The molecule has 1 fully saturated rings. The molecular weight excluding hydrogens is 316 g/mol. The second-order valence-electron chi connectivity index (χ2n) is 6.27. The van der Waals surface area contributed by atoms with Gasteiger partial charge in [0.1, 0.15) is 6.10 Å². The van der Waals surface area contributed by atoms with Crippen molar-refractivity contribution < 1.29 is 14.3 Å². The largest absolute Gasteiger partial charge is 0.442 e. The lowest BCUT2D eigenvalue weighted by atomic mass is 9.97. The Bertz CT molecular complexity index is 718. The Morgan fingerprint density at radius 3 is 2.48 bits per heavy atom. The number of nitrogens with zero attached hydrogens (tertiary/aromatic N) is 1. The Morgan fingerprint density at radius 2 is 1.80 bits per heavy atom. The van der Waals surface area contributed by atoms with Crippen LogP contribution in [0.4, 0.5) is 10.5 Å². The normalized spacial score (nSPS) is 17.9. The first-order valence-electron chi connectivity index (χ1n) is 8.48. The van der Waals surface area contributed by atoms with Gasteiger partial charge in [0.2, 0.25) is 5.91 Å². The summed E-state index contributed by atoms with van der Waals surface area (Å²) in [5.41, 5.74) is 1.94. The zero-order valence-electron chi connectivity index (χ0n) is 14.2. The van der Waals surface area contributed by atoms with E-state index in [1.807, 2.05) is 67.6 Å². The highest BCUT2D eigenvalue weighted by molar-refractivity contribution is 5.89. The molecule has 0 aliphatic carbocycles. The van der Waals surface area contributed by atoms with Crippen LogP contribution in [0.2, 0.25) is 0 Å². The molecule has 0 spiro atoms. The minimum Gasteiger partial charge on any atom is -0.442 e. The van der Waals surface area contributed by atoms with E-state index < -0.39 is 0 Å². The molecule has 5 heteroatoms. The van der Waals surface area contributed by atoms with Crippen molar-refractivity contribution in [3.8, 4) is 0 Å². The van der Waals surface area contributed by atoms with Crippen molar-refractivity contribution in [1.29, 1.82) is 0 Å². The van der Waals surface area contributed by atoms with Crippen LogP contribution in [-0.2, 0) is 9.53 Å². The molecule has 130 valence electrons. The molecule has 0 aromatic heterocycles. The van der Waals surface area contributed by atoms with Crippen molar-refractivity contribution in [3.63, 3.8) is 0 Å². The van der Waals surface area contributed by atoms with Crippen LogP contribution in [0.5, 0.6) is 0 Å². The van der Waals surface area contributed by atoms with Crippen LogP contribution in [0, 0.1) is 0 Å². The van der Waals surface area contributed by atoms with Gasteiger partial charge >= 0.3 is 6.09 Å². The van der Waals surface area contributed by atoms with Crippen LogP contribution in [-0.4, -0.2) is 31.2 Å². The quantitative estimate of drug-likeness (QED) is 0.879. The summed E-state index contributed by atoms with van der Waals surface area (Å²) in [5, 5.41) is 2.88. The highest BCUT2D eigenvalue weighted by atomic mass is 16.6. The molecule has 2 aromatic rings. The van der Waals surface area contributed by atoms with Crippen LogP contribution in [0.1, 0.15) is 24.8 Å². The standard InChI is InChI=1S/C20H22N2O3/c1-15(16-8-4-2-5-9-16)12-19(23)21-13-18-14-22(20(24)25-18)17-10-6-3-7-11-17/h2-11,15,18H,12-14H2,1H3,(H,21,23). The van der Waals surface area contributed by atoms with Crippen molar-refractivity contribution in [2.45, 2.75) is 25.4 Å². The van der Waals surface area contributed by atoms with Crippen LogP contribution < -0.4 is 10.2 Å². The fraction of sp³-hybridized carbons (Fsp3) is 0.300. The van der Waals surface area contributed by atoms with Gasteiger partial charge in [-0.1, -0.05) is 55.5 Å². The maximum Gasteiger partial charge on any atom is 0.414 e. The molecule has 0 saturated carbocycles. The third-order valence-corrected chi connectivity index (χ3v) is 4.33. The maximum absolute atomic E-state index is 12.2. The van der Waals surface area contributed by atoms with Crippen LogP contribution in [0.3, 0.4) is 0 Å². The van der Waals surface area contributed by atoms with E-state index in [-0.39, 0.29) is 24.0 Å². The van der Waals surface area contributed by atoms with E-state index >= 15 is 0 Å². The van der Waals surface area contributed by atoms with Gasteiger partial charge in [-0.25, -0.2) is 4.79 Å². The summed E-state index contributed by atoms with van der Waals surface area (Å²) in [5.74, 6) is 0.110. The van der Waals surface area contributed by atoms with Crippen molar-refractivity contribution in [2.24, 2.45) is 0 Å². The third-order valence-electron chi connectivity index (χ3n) is 4.33. The Labute approximate surface area is 147 Å². The van der Waals surface area contributed by atoms with Crippen LogP contribution in [0.15, 0.2) is 60.7 Å². The van der Waals surface area contributed by atoms with Gasteiger partial charge in [-0.2, -0.15) is 0 Å². The van der Waals surface area contributed by atoms with Gasteiger partial charge in [0.25, 0.3) is 0 Å². The number of ether oxygens (including phenoxy) is 1. The number of benzene rings is 2. The summed E-state index contributed by atoms with van der Waals surface area (Å²) in [4.78, 5) is 25.7. The predicted molar refractivity (Wildman–Crippen MR) is 96.5 cm³/mol. The van der Waals surface area contributed by atoms with E-state index in [1.165, 1.54) is 0 Å². The van der Waals surface area contributed by atoms with E-state index in [0.717, 1.165) is 11.3 Å². The number of para-hydroxylation sites is 1. The molecule has 25 heavy (non-hydrogen) atoms. The van der Waals surface area contributed by atoms with Crippen molar-refractivity contribution >= 4 is 17.7 Å². The molecular formula is C20H22N2O3. The van der Waals surface area contributed by atoms with Crippen molar-refractivity contribution in [3.05, 3.63) is 66.2 Å². The summed E-state index contributed by atoms with van der Waals surface area (Å²) in [6.45, 7) is 2.80. The fourth-order valence-electron chi connectivity index (χ4n) is 2.92. The zero-order chi connectivity index (χ0) is 17.6. The van der Waals surface area contributed by atoms with Crippen molar-refractivity contribution in [2.75, 3.05) is 18.0 Å². The molecule has 1 heterocycles. The average molecular weight is 338 g/mol. The summed E-state index contributed by atoms with van der Waals surface area (Å²) in [6, 6.07) is 19.3. The Hall–Kier alpha value is -2.82. The van der Waals surface area contributed by atoms with Gasteiger partial charge in [-0.15, -0.1) is 0 Å². The summed E-state index contributed by atoms with van der Waals surface area (Å²) in [7, 11) is 0. The maximum atomic E-state index is 12.2. The number of anilines is 1. The summed E-state index contributed by atoms with van der Waals surface area (Å²) >= 11 is 0. The molecule has 2 amide bonds. The summed E-state index contributed by atoms with van der Waals surface area (Å²) in [6.07, 6.45) is -0.292. The molecule has 2 unspecified atom stereocenters. The molecule has 0 radical (unpaired) electrons. The molecule has 0 bridgehead atoms. The molecule has 1 N–H and O–H groups in total. The molecule has 2 atom stereocenters. The molecule has 3 rings (SSSR count). The van der Waals surface area contributed by atoms with Crippen molar-refractivity contribution in [1.82, 2.24) is 5.32 Å². The van der Waals surface area contributed by atoms with Gasteiger partial charge in [-0.05, 0) is 23.6 Å². The second kappa shape index (κ2) is 7.83. The highest BCUT2D eigenvalue weighted by Crippen LogP contribution is 2.21. The van der Waals surface area contributed by atoms with Gasteiger partial charge in [-0.3, -0.25) is 9.69 Å². The number of cyclic esters (lactones) is 1. The number of hydrogen-bond donors (Lipinski definition) is 1. The Balaban J connectivity index is 1.47. The SMILES string of the molecule is CC(CC(=O)NCC1CN(c2ccccc2)C(=O)O1)c1ccccc1. The van der Waals surface area contributed by atoms with E-state index in [4.69, 9.17) is 4.74 Å². The lowest BCUT2D eigenvalue weighted by molar-refractivity contribution is -0.121. The van der Waals surface area contributed by atoms with E-state index in [9.17, 15) is 9.59 Å². The Kier molecular flexibility index (Phi) is 5.33. The molecule has 1 aliphatic rings. The van der Waals surface area contributed by atoms with E-state index in [0.29, 0.717) is 19.5 Å². The first kappa shape index (κ1) is 17.0. The number of rotatable bonds is 6. The number of carbonyl (C=O) groups excluding carboxylic acids is 2. The fourth-order valence-corrected chi connectivity index (χ4v) is 2.92. The van der Waals surface area contributed by atoms with Gasteiger partial charge in [0.05, 0.1) is 13.1 Å². The summed E-state index contributed by atoms with van der Waals surface area (Å²) < 4.78 is 5.34. The first-order valence-corrected chi connectivity index (χ1v) is 8.48. The molecule has 2 aromatic carbocycles. The molecule has 1 saturated heterocycles. The smallest absolute Gasteiger partial charge is 0.414 e. The number of carbonyl (C=O) groups is 2. The number of hydrogen-bond acceptors (Lipinski definition) is 3. The zero-order valence-corrected chi connectivity index (χ0v) is 14.2. The first-order chi connectivity index (χ1) is 12.1. The van der Waals surface area contributed by atoms with E-state index in [2.05, 4.69) is 5.32 Å². The molecule has 5 nitrogen and oxygen atoms in total.